The predicted octanol–water partition coefficient (Wildman–Crippen LogP) is 3.29. The molecule has 0 amide bonds. The Morgan fingerprint density at radius 2 is 2.31 bits per heavy atom. The number of hydrogen-bond acceptors (Lipinski definition) is 1. The summed E-state index contributed by atoms with van der Waals surface area (Å²) in [6.07, 6.45) is 0.412. The van der Waals surface area contributed by atoms with Crippen LogP contribution in [0.4, 0.5) is 4.39 Å². The highest BCUT2D eigenvalue weighted by atomic mass is 79.9. The van der Waals surface area contributed by atoms with Gasteiger partial charge in [-0.25, -0.2) is 4.39 Å². The zero-order chi connectivity index (χ0) is 9.84. The lowest BCUT2D eigenvalue weighted by atomic mass is 10.1. The fourth-order valence-electron chi connectivity index (χ4n) is 0.950. The molecule has 0 fully saturated rings. The second-order valence-corrected chi connectivity index (χ2v) is 3.57. The van der Waals surface area contributed by atoms with E-state index in [-0.39, 0.29) is 5.82 Å². The zero-order valence-corrected chi connectivity index (χ0v) is 8.90. The van der Waals surface area contributed by atoms with E-state index in [0.717, 1.165) is 4.47 Å². The molecular formula is C10H10BrFO. The third kappa shape index (κ3) is 2.84. The van der Waals surface area contributed by atoms with E-state index in [1.165, 1.54) is 13.2 Å². The van der Waals surface area contributed by atoms with Crippen LogP contribution >= 0.6 is 15.9 Å². The first-order valence-electron chi connectivity index (χ1n) is 3.79. The lowest BCUT2D eigenvalue weighted by Crippen LogP contribution is -1.94. The third-order valence-corrected chi connectivity index (χ3v) is 2.18. The summed E-state index contributed by atoms with van der Waals surface area (Å²) in [4.78, 5) is 0. The van der Waals surface area contributed by atoms with E-state index in [0.29, 0.717) is 17.7 Å². The molecule has 0 bridgehead atoms. The van der Waals surface area contributed by atoms with Crippen molar-refractivity contribution < 1.29 is 9.13 Å². The van der Waals surface area contributed by atoms with Crippen LogP contribution in [0.5, 0.6) is 0 Å². The highest BCUT2D eigenvalue weighted by Gasteiger charge is 2.04. The standard InChI is InChI=1S/C10H10BrFO/c1-7(13-2)5-8-3-4-9(11)6-10(8)12/h3-4,6H,1,5H2,2H3. The smallest absolute Gasteiger partial charge is 0.127 e. The maximum atomic E-state index is 13.2. The van der Waals surface area contributed by atoms with Gasteiger partial charge in [-0.2, -0.15) is 0 Å². The van der Waals surface area contributed by atoms with Crippen molar-refractivity contribution in [2.24, 2.45) is 0 Å². The van der Waals surface area contributed by atoms with Crippen LogP contribution in [0.25, 0.3) is 0 Å². The molecule has 3 heteroatoms. The molecule has 70 valence electrons. The number of benzene rings is 1. The van der Waals surface area contributed by atoms with Crippen LogP contribution in [0.2, 0.25) is 0 Å². The molecular weight excluding hydrogens is 235 g/mol. The largest absolute Gasteiger partial charge is 0.501 e. The molecule has 13 heavy (non-hydrogen) atoms. The molecule has 1 rings (SSSR count). The Morgan fingerprint density at radius 1 is 1.62 bits per heavy atom. The number of halogens is 2. The SMILES string of the molecule is C=C(Cc1ccc(Br)cc1F)OC. The Labute approximate surface area is 85.3 Å². The summed E-state index contributed by atoms with van der Waals surface area (Å²) in [5, 5.41) is 0. The fraction of sp³-hybridized carbons (Fsp3) is 0.200. The van der Waals surface area contributed by atoms with Gasteiger partial charge in [0.25, 0.3) is 0 Å². The van der Waals surface area contributed by atoms with Crippen molar-refractivity contribution in [3.63, 3.8) is 0 Å². The van der Waals surface area contributed by atoms with Gasteiger partial charge in [-0.15, -0.1) is 0 Å². The highest BCUT2D eigenvalue weighted by molar-refractivity contribution is 9.10. The summed E-state index contributed by atoms with van der Waals surface area (Å²) in [6.45, 7) is 3.63. The molecule has 0 aliphatic heterocycles. The number of rotatable bonds is 3. The average molecular weight is 245 g/mol. The van der Waals surface area contributed by atoms with E-state index in [1.807, 2.05) is 0 Å². The summed E-state index contributed by atoms with van der Waals surface area (Å²) < 4.78 is 18.8. The molecule has 0 N–H and O–H groups in total. The van der Waals surface area contributed by atoms with Gasteiger partial charge < -0.3 is 4.74 Å². The molecule has 0 aliphatic rings. The van der Waals surface area contributed by atoms with Gasteiger partial charge in [-0.3, -0.25) is 0 Å². The summed E-state index contributed by atoms with van der Waals surface area (Å²) in [5.74, 6) is 0.314. The maximum absolute atomic E-state index is 13.2. The van der Waals surface area contributed by atoms with Gasteiger partial charge in [0.05, 0.1) is 12.9 Å². The molecule has 0 radical (unpaired) electrons. The lowest BCUT2D eigenvalue weighted by molar-refractivity contribution is 0.284. The van der Waals surface area contributed by atoms with E-state index in [2.05, 4.69) is 22.5 Å². The lowest BCUT2D eigenvalue weighted by Gasteiger charge is -2.05. The minimum atomic E-state index is -0.243. The first-order chi connectivity index (χ1) is 6.13. The second-order valence-electron chi connectivity index (χ2n) is 2.66. The topological polar surface area (TPSA) is 9.23 Å². The van der Waals surface area contributed by atoms with Crippen LogP contribution in [-0.2, 0) is 11.2 Å². The minimum absolute atomic E-state index is 0.243. The van der Waals surface area contributed by atoms with Crippen LogP contribution < -0.4 is 0 Å². The normalized spacial score (nSPS) is 9.77. The average Bonchev–Trinajstić information content (AvgIpc) is 2.09. The Bertz CT molecular complexity index is 323. The van der Waals surface area contributed by atoms with Gasteiger partial charge in [-0.1, -0.05) is 28.6 Å². The van der Waals surface area contributed by atoms with E-state index in [4.69, 9.17) is 4.74 Å². The van der Waals surface area contributed by atoms with Gasteiger partial charge in [-0.05, 0) is 17.7 Å². The first kappa shape index (κ1) is 10.3. The molecule has 0 aliphatic carbocycles. The fourth-order valence-corrected chi connectivity index (χ4v) is 1.28. The number of hydrogen-bond donors (Lipinski definition) is 0. The van der Waals surface area contributed by atoms with Gasteiger partial charge in [0.15, 0.2) is 0 Å². The molecule has 1 aromatic carbocycles. The van der Waals surface area contributed by atoms with Crippen molar-refractivity contribution >= 4 is 15.9 Å². The van der Waals surface area contributed by atoms with Crippen LogP contribution in [0, 0.1) is 5.82 Å². The number of methoxy groups -OCH3 is 1. The summed E-state index contributed by atoms with van der Waals surface area (Å²) in [6, 6.07) is 4.93. The molecule has 0 aromatic heterocycles. The Morgan fingerprint density at radius 3 is 2.85 bits per heavy atom. The molecule has 0 atom stereocenters. The third-order valence-electron chi connectivity index (χ3n) is 1.69. The summed E-state index contributed by atoms with van der Waals surface area (Å²) in [7, 11) is 1.53. The number of allylic oxidation sites excluding steroid dienone is 1. The van der Waals surface area contributed by atoms with Gasteiger partial charge in [0.2, 0.25) is 0 Å². The Balaban J connectivity index is 2.83. The van der Waals surface area contributed by atoms with Crippen LogP contribution in [0.1, 0.15) is 5.56 Å². The Hall–Kier alpha value is -0.830. The van der Waals surface area contributed by atoms with Crippen molar-refractivity contribution in [3.8, 4) is 0 Å². The van der Waals surface area contributed by atoms with Crippen molar-refractivity contribution in [2.75, 3.05) is 7.11 Å². The minimum Gasteiger partial charge on any atom is -0.501 e. The maximum Gasteiger partial charge on any atom is 0.127 e. The molecule has 0 saturated carbocycles. The van der Waals surface area contributed by atoms with Crippen molar-refractivity contribution in [1.29, 1.82) is 0 Å². The van der Waals surface area contributed by atoms with E-state index in [1.54, 1.807) is 12.1 Å². The molecule has 1 aromatic rings. The van der Waals surface area contributed by atoms with E-state index < -0.39 is 0 Å². The van der Waals surface area contributed by atoms with Gasteiger partial charge in [0, 0.05) is 10.9 Å². The summed E-state index contributed by atoms with van der Waals surface area (Å²) in [5.41, 5.74) is 0.593. The molecule has 0 spiro atoms. The molecule has 0 unspecified atom stereocenters. The second kappa shape index (κ2) is 4.42. The van der Waals surface area contributed by atoms with Crippen LogP contribution in [0.15, 0.2) is 35.0 Å². The van der Waals surface area contributed by atoms with E-state index in [9.17, 15) is 4.39 Å². The zero-order valence-electron chi connectivity index (χ0n) is 7.31. The van der Waals surface area contributed by atoms with E-state index >= 15 is 0 Å². The number of ether oxygens (including phenoxy) is 1. The van der Waals surface area contributed by atoms with Crippen molar-refractivity contribution in [2.45, 2.75) is 6.42 Å². The Kier molecular flexibility index (Phi) is 3.48. The van der Waals surface area contributed by atoms with Crippen molar-refractivity contribution in [3.05, 3.63) is 46.4 Å². The highest BCUT2D eigenvalue weighted by Crippen LogP contribution is 2.17. The van der Waals surface area contributed by atoms with Gasteiger partial charge >= 0.3 is 0 Å². The van der Waals surface area contributed by atoms with Crippen LogP contribution in [0.3, 0.4) is 0 Å². The molecule has 1 nitrogen and oxygen atoms in total. The monoisotopic (exact) mass is 244 g/mol. The summed E-state index contributed by atoms with van der Waals surface area (Å²) >= 11 is 3.19. The van der Waals surface area contributed by atoms with Crippen LogP contribution in [-0.4, -0.2) is 7.11 Å². The predicted molar refractivity (Wildman–Crippen MR) is 54.0 cm³/mol. The van der Waals surface area contributed by atoms with Gasteiger partial charge in [0.1, 0.15) is 5.82 Å². The van der Waals surface area contributed by atoms with Crippen molar-refractivity contribution in [1.82, 2.24) is 0 Å². The quantitative estimate of drug-likeness (QED) is 0.742. The molecule has 0 heterocycles. The first-order valence-corrected chi connectivity index (χ1v) is 4.58. The molecule has 0 saturated heterocycles.